The zero-order valence-corrected chi connectivity index (χ0v) is 42.2. The molecule has 1 aromatic heterocycles. The monoisotopic (exact) mass is 962 g/mol. The SMILES string of the molecule is CC(O)NC(N)=NCC1CC2(C)C3CC(C(CCCO)SSCC(n4ccnc4)CC(C)(C)C4=C5CCCCC5C5=C6C(CCC5)CC3C(O)C64)C2(O)C2=CC(=O)C3CC(O)C(O)CC3(C)C21. The summed E-state index contributed by atoms with van der Waals surface area (Å²) in [5, 5.41) is 74.4. The molecular weight excluding hydrogens is 883 g/mol. The van der Waals surface area contributed by atoms with Crippen LogP contribution in [0.15, 0.2) is 57.7 Å². The van der Waals surface area contributed by atoms with E-state index in [-0.39, 0.29) is 90.0 Å². The molecule has 0 spiro atoms. The molecule has 10 rings (SSSR count). The highest BCUT2D eigenvalue weighted by Gasteiger charge is 2.74. The molecule has 14 heteroatoms. The minimum Gasteiger partial charge on any atom is -0.396 e. The van der Waals surface area contributed by atoms with Crippen LogP contribution in [0.1, 0.15) is 137 Å². The number of aliphatic hydroxyl groups excluding tert-OH is 5. The molecular formula is C53H79N5O7S2. The van der Waals surface area contributed by atoms with Gasteiger partial charge in [-0.05, 0) is 149 Å². The molecule has 9 aliphatic rings. The van der Waals surface area contributed by atoms with Crippen molar-refractivity contribution in [3.63, 3.8) is 0 Å². The molecule has 5 saturated carbocycles. The van der Waals surface area contributed by atoms with Gasteiger partial charge in [0.15, 0.2) is 11.7 Å². The second kappa shape index (κ2) is 18.1. The third kappa shape index (κ3) is 7.80. The predicted molar refractivity (Wildman–Crippen MR) is 264 cm³/mol. The molecule has 18 unspecified atom stereocenters. The fourth-order valence-electron chi connectivity index (χ4n) is 17.5. The number of allylic oxidation sites excluding steroid dienone is 3. The third-order valence-electron chi connectivity index (χ3n) is 19.9. The first-order chi connectivity index (χ1) is 31.9. The number of nitrogens with one attached hydrogen (secondary N) is 1. The summed E-state index contributed by atoms with van der Waals surface area (Å²) in [5.41, 5.74) is 10.2. The van der Waals surface area contributed by atoms with Gasteiger partial charge in [0.25, 0.3) is 0 Å². The molecule has 2 heterocycles. The molecule has 1 saturated heterocycles. The van der Waals surface area contributed by atoms with Gasteiger partial charge in [-0.3, -0.25) is 9.79 Å². The highest BCUT2D eigenvalue weighted by atomic mass is 33.1. The average molecular weight is 962 g/mol. The van der Waals surface area contributed by atoms with E-state index in [0.717, 1.165) is 49.9 Å². The van der Waals surface area contributed by atoms with Crippen LogP contribution in [0.25, 0.3) is 0 Å². The van der Waals surface area contributed by atoms with E-state index in [2.05, 4.69) is 48.8 Å². The Hall–Kier alpha value is -2.17. The number of nitrogens with zero attached hydrogens (tertiary/aromatic N) is 3. The Morgan fingerprint density at radius 3 is 2.55 bits per heavy atom. The number of aliphatic imine (C=N–C) groups is 1. The number of aliphatic hydroxyl groups is 6. The third-order valence-corrected chi connectivity index (χ3v) is 22.9. The number of guanidine groups is 1. The number of fused-ring (bicyclic) bond motifs is 13. The Morgan fingerprint density at radius 1 is 1.01 bits per heavy atom. The normalized spacial score (nSPS) is 45.5. The number of hydrogen-bond acceptors (Lipinski definition) is 11. The summed E-state index contributed by atoms with van der Waals surface area (Å²) >= 11 is 0. The Labute approximate surface area is 406 Å². The molecule has 0 aromatic carbocycles. The second-order valence-corrected chi connectivity index (χ2v) is 26.6. The second-order valence-electron chi connectivity index (χ2n) is 24.0. The molecule has 370 valence electrons. The Bertz CT molecular complexity index is 2180. The van der Waals surface area contributed by atoms with Crippen LogP contribution < -0.4 is 11.1 Å². The van der Waals surface area contributed by atoms with E-state index in [0.29, 0.717) is 37.5 Å². The predicted octanol–water partition coefficient (Wildman–Crippen LogP) is 6.87. The van der Waals surface area contributed by atoms with Gasteiger partial charge in [-0.25, -0.2) is 4.98 Å². The van der Waals surface area contributed by atoms with Gasteiger partial charge in [-0.15, -0.1) is 0 Å². The average Bonchev–Trinajstić information content (AvgIpc) is 3.90. The molecule has 0 amide bonds. The van der Waals surface area contributed by atoms with Crippen molar-refractivity contribution in [2.24, 2.45) is 80.2 Å². The molecule has 4 bridgehead atoms. The van der Waals surface area contributed by atoms with Crippen LogP contribution in [0.5, 0.6) is 0 Å². The quantitative estimate of drug-likeness (QED) is 0.0464. The zero-order chi connectivity index (χ0) is 47.4. The van der Waals surface area contributed by atoms with Crippen molar-refractivity contribution in [2.75, 3.05) is 18.9 Å². The Balaban J connectivity index is 1.18. The van der Waals surface area contributed by atoms with E-state index in [1.165, 1.54) is 24.8 Å². The first-order valence-corrected chi connectivity index (χ1v) is 28.4. The Morgan fingerprint density at radius 2 is 1.81 bits per heavy atom. The number of carbonyl (C=O) groups excluding carboxylic acids is 1. The van der Waals surface area contributed by atoms with E-state index in [1.54, 1.807) is 29.7 Å². The van der Waals surface area contributed by atoms with Gasteiger partial charge >= 0.3 is 0 Å². The topological polar surface area (TPSA) is 207 Å². The maximum Gasteiger partial charge on any atom is 0.190 e. The summed E-state index contributed by atoms with van der Waals surface area (Å²) in [6.07, 6.45) is 16.8. The summed E-state index contributed by atoms with van der Waals surface area (Å²) in [6.45, 7) is 11.2. The molecule has 9 N–H and O–H groups in total. The molecule has 67 heavy (non-hydrogen) atoms. The minimum atomic E-state index is -1.47. The number of carbonyl (C=O) groups is 1. The van der Waals surface area contributed by atoms with Crippen LogP contribution in [0.3, 0.4) is 0 Å². The van der Waals surface area contributed by atoms with Crippen LogP contribution in [-0.4, -0.2) is 106 Å². The largest absolute Gasteiger partial charge is 0.396 e. The van der Waals surface area contributed by atoms with E-state index in [9.17, 15) is 35.4 Å². The highest BCUT2D eigenvalue weighted by molar-refractivity contribution is 8.76. The van der Waals surface area contributed by atoms with Crippen molar-refractivity contribution in [2.45, 2.75) is 172 Å². The summed E-state index contributed by atoms with van der Waals surface area (Å²) < 4.78 is 2.28. The first-order valence-electron chi connectivity index (χ1n) is 26.0. The van der Waals surface area contributed by atoms with Crippen LogP contribution >= 0.6 is 21.6 Å². The minimum absolute atomic E-state index is 0.0335. The summed E-state index contributed by atoms with van der Waals surface area (Å²) in [4.78, 5) is 24.3. The maximum absolute atomic E-state index is 14.8. The Kier molecular flexibility index (Phi) is 13.1. The van der Waals surface area contributed by atoms with Crippen molar-refractivity contribution in [1.29, 1.82) is 0 Å². The lowest BCUT2D eigenvalue weighted by Gasteiger charge is -2.64. The highest BCUT2D eigenvalue weighted by Crippen LogP contribution is 2.74. The van der Waals surface area contributed by atoms with Gasteiger partial charge in [-0.2, -0.15) is 0 Å². The van der Waals surface area contributed by atoms with E-state index in [1.807, 2.05) is 34.1 Å². The van der Waals surface area contributed by atoms with Gasteiger partial charge < -0.3 is 46.3 Å². The lowest BCUT2D eigenvalue weighted by atomic mass is 9.42. The first kappa shape index (κ1) is 48.5. The lowest BCUT2D eigenvalue weighted by molar-refractivity contribution is -0.172. The fraction of sp³-hybridized carbons (Fsp3) is 0.792. The summed E-state index contributed by atoms with van der Waals surface area (Å²) in [5.74, 6) is -0.0805. The number of ketones is 1. The number of hydrogen-bond donors (Lipinski definition) is 8. The smallest absolute Gasteiger partial charge is 0.190 e. The van der Waals surface area contributed by atoms with Gasteiger partial charge in [0.2, 0.25) is 0 Å². The number of aromatic nitrogens is 2. The molecule has 8 aliphatic carbocycles. The van der Waals surface area contributed by atoms with Crippen molar-refractivity contribution < 1.29 is 35.4 Å². The fourth-order valence-corrected chi connectivity index (χ4v) is 20.8. The number of rotatable bonds is 7. The lowest BCUT2D eigenvalue weighted by Crippen LogP contribution is -2.66. The van der Waals surface area contributed by atoms with Gasteiger partial charge in [-0.1, -0.05) is 78.0 Å². The van der Waals surface area contributed by atoms with Crippen molar-refractivity contribution in [3.05, 3.63) is 52.7 Å². The molecule has 1 aromatic rings. The van der Waals surface area contributed by atoms with Crippen LogP contribution in [0.2, 0.25) is 0 Å². The zero-order valence-electron chi connectivity index (χ0n) is 40.5. The van der Waals surface area contributed by atoms with Crippen LogP contribution in [-0.2, 0) is 4.79 Å². The molecule has 18 atom stereocenters. The van der Waals surface area contributed by atoms with Crippen molar-refractivity contribution in [1.82, 2.24) is 14.9 Å². The van der Waals surface area contributed by atoms with E-state index >= 15 is 0 Å². The van der Waals surface area contributed by atoms with Crippen LogP contribution in [0, 0.1) is 69.5 Å². The summed E-state index contributed by atoms with van der Waals surface area (Å²) in [7, 11) is 3.69. The van der Waals surface area contributed by atoms with Gasteiger partial charge in [0, 0.05) is 71.7 Å². The molecule has 1 aliphatic heterocycles. The maximum atomic E-state index is 14.8. The van der Waals surface area contributed by atoms with Crippen LogP contribution in [0.4, 0.5) is 0 Å². The summed E-state index contributed by atoms with van der Waals surface area (Å²) in [6, 6.07) is 0.130. The van der Waals surface area contributed by atoms with Crippen molar-refractivity contribution >= 4 is 33.3 Å². The molecule has 0 radical (unpaired) electrons. The van der Waals surface area contributed by atoms with Gasteiger partial charge in [0.1, 0.15) is 6.23 Å². The molecule has 12 nitrogen and oxygen atoms in total. The number of imidazole rings is 1. The van der Waals surface area contributed by atoms with E-state index < -0.39 is 46.9 Å². The van der Waals surface area contributed by atoms with Crippen molar-refractivity contribution in [3.8, 4) is 0 Å². The molecule has 6 fully saturated rings. The standard InChI is InChI=1S/C53H79N5O7S2/c1-28(60)57-49(54)56-25-30-22-52(5)36-19-38(53(52,65)39-21-40(61)37-20-41(62)42(63)24-51(37,4)46(30)39)43(14-9-17-59)67-66-26-31(58-16-15-55-27-58)23-50(2,3)47-34-12-7-6-11-32(34)33-13-8-10-29-18-35(36)48(64)45(47)44(29)33/h15-16,21,27-32,35-38,41-43,45-46,48,59-60,62-65H,6-14,17-20,22-26H2,1-5H3,(H3,54,56,57). The van der Waals surface area contributed by atoms with E-state index in [4.69, 9.17) is 10.7 Å². The van der Waals surface area contributed by atoms with Gasteiger partial charge in [0.05, 0.1) is 30.2 Å². The number of nitrogens with two attached hydrogens (primary N) is 1.